The van der Waals surface area contributed by atoms with Crippen LogP contribution >= 0.6 is 0 Å². The van der Waals surface area contributed by atoms with E-state index in [9.17, 15) is 14.3 Å². The first-order chi connectivity index (χ1) is 16.7. The van der Waals surface area contributed by atoms with Crippen LogP contribution in [0.5, 0.6) is 0 Å². The van der Waals surface area contributed by atoms with Crippen LogP contribution in [0.3, 0.4) is 0 Å². The zero-order chi connectivity index (χ0) is 25.2. The highest BCUT2D eigenvalue weighted by atomic mass is 19.1. The number of nitrogens with one attached hydrogen (secondary N) is 2. The summed E-state index contributed by atoms with van der Waals surface area (Å²) in [6.45, 7) is 3.08. The van der Waals surface area contributed by atoms with Gasteiger partial charge in [-0.3, -0.25) is 9.78 Å². The molecule has 3 heterocycles. The van der Waals surface area contributed by atoms with Gasteiger partial charge in [0.15, 0.2) is 0 Å². The van der Waals surface area contributed by atoms with Gasteiger partial charge in [0.25, 0.3) is 5.91 Å². The molecule has 0 aliphatic heterocycles. The number of ether oxygens (including phenoxy) is 1. The van der Waals surface area contributed by atoms with Crippen LogP contribution in [-0.2, 0) is 4.74 Å². The average molecular weight is 481 g/mol. The number of methoxy groups -OCH3 is 1. The third-order valence-electron chi connectivity index (χ3n) is 6.25. The Morgan fingerprint density at radius 3 is 2.83 bits per heavy atom. The van der Waals surface area contributed by atoms with Gasteiger partial charge in [-0.2, -0.15) is 10.4 Å². The third kappa shape index (κ3) is 5.42. The molecule has 1 aliphatic rings. The number of nitrogens with zero attached hydrogens (tertiary/aromatic N) is 4. The van der Waals surface area contributed by atoms with Gasteiger partial charge < -0.3 is 20.5 Å². The molecule has 1 aliphatic carbocycles. The van der Waals surface area contributed by atoms with Gasteiger partial charge in [-0.1, -0.05) is 0 Å². The quantitative estimate of drug-likeness (QED) is 0.430. The fourth-order valence-corrected chi connectivity index (χ4v) is 4.12. The van der Waals surface area contributed by atoms with Crippen molar-refractivity contribution in [3.63, 3.8) is 0 Å². The van der Waals surface area contributed by atoms with Gasteiger partial charge in [-0.15, -0.1) is 0 Å². The highest BCUT2D eigenvalue weighted by Crippen LogP contribution is 2.33. The number of fused-ring (bicyclic) bond motifs is 1. The molecule has 0 radical (unpaired) electrons. The van der Waals surface area contributed by atoms with Crippen LogP contribution in [0.4, 0.5) is 10.1 Å². The number of aliphatic hydroxyl groups is 1. The van der Waals surface area contributed by atoms with E-state index >= 15 is 0 Å². The molecular formula is C25H29FN6O3. The molecule has 4 rings (SSSR count). The van der Waals surface area contributed by atoms with Crippen LogP contribution in [-0.4, -0.2) is 63.7 Å². The molecule has 1 saturated carbocycles. The van der Waals surface area contributed by atoms with Crippen molar-refractivity contribution in [2.75, 3.05) is 25.6 Å². The van der Waals surface area contributed by atoms with E-state index in [2.05, 4.69) is 26.8 Å². The number of rotatable bonds is 9. The van der Waals surface area contributed by atoms with Gasteiger partial charge in [0.05, 0.1) is 52.1 Å². The van der Waals surface area contributed by atoms with Crippen molar-refractivity contribution in [1.29, 1.82) is 5.26 Å². The van der Waals surface area contributed by atoms with E-state index in [4.69, 9.17) is 10.00 Å². The molecule has 3 N–H and O–H groups in total. The van der Waals surface area contributed by atoms with E-state index in [1.807, 2.05) is 12.1 Å². The fraction of sp³-hybridized carbons (Fsp3) is 0.440. The first-order valence-corrected chi connectivity index (χ1v) is 11.5. The van der Waals surface area contributed by atoms with Crippen LogP contribution in [0.25, 0.3) is 16.9 Å². The summed E-state index contributed by atoms with van der Waals surface area (Å²) >= 11 is 0. The summed E-state index contributed by atoms with van der Waals surface area (Å²) in [5, 5.41) is 29.3. The summed E-state index contributed by atoms with van der Waals surface area (Å²) in [5.74, 6) is -0.0220. The number of aromatic nitrogens is 3. The second-order valence-electron chi connectivity index (χ2n) is 9.49. The van der Waals surface area contributed by atoms with Crippen molar-refractivity contribution >= 4 is 17.1 Å². The average Bonchev–Trinajstić information content (AvgIpc) is 3.23. The monoisotopic (exact) mass is 480 g/mol. The molecular weight excluding hydrogens is 451 g/mol. The molecule has 3 aromatic rings. The van der Waals surface area contributed by atoms with E-state index < -0.39 is 17.7 Å². The Morgan fingerprint density at radius 1 is 1.37 bits per heavy atom. The lowest BCUT2D eigenvalue weighted by atomic mass is 9.80. The molecule has 1 amide bonds. The number of carbonyl (C=O) groups excluding carboxylic acids is 1. The molecule has 1 atom stereocenters. The Hall–Kier alpha value is -3.55. The van der Waals surface area contributed by atoms with Crippen molar-refractivity contribution in [2.45, 2.75) is 44.5 Å². The molecule has 0 aromatic carbocycles. The van der Waals surface area contributed by atoms with Crippen LogP contribution < -0.4 is 10.6 Å². The fourth-order valence-electron chi connectivity index (χ4n) is 4.12. The highest BCUT2D eigenvalue weighted by Gasteiger charge is 2.31. The molecule has 35 heavy (non-hydrogen) atoms. The lowest BCUT2D eigenvalue weighted by Crippen LogP contribution is -2.42. The number of pyridine rings is 1. The van der Waals surface area contributed by atoms with Gasteiger partial charge in [0.1, 0.15) is 12.2 Å². The topological polar surface area (TPSA) is 125 Å². The molecule has 0 unspecified atom stereocenters. The van der Waals surface area contributed by atoms with Crippen molar-refractivity contribution in [3.05, 3.63) is 47.8 Å². The minimum atomic E-state index is -1.62. The van der Waals surface area contributed by atoms with Crippen molar-refractivity contribution in [2.24, 2.45) is 5.92 Å². The first-order valence-electron chi connectivity index (χ1n) is 11.5. The zero-order valence-corrected chi connectivity index (χ0v) is 20.0. The van der Waals surface area contributed by atoms with Crippen LogP contribution in [0, 0.1) is 17.2 Å². The van der Waals surface area contributed by atoms with Gasteiger partial charge in [0, 0.05) is 26.0 Å². The molecule has 1 fully saturated rings. The number of hydrogen-bond donors (Lipinski definition) is 3. The van der Waals surface area contributed by atoms with E-state index in [-0.39, 0.29) is 18.2 Å². The lowest BCUT2D eigenvalue weighted by Gasteiger charge is -2.36. The number of halogens is 1. The molecule has 0 saturated heterocycles. The SMILES string of the molecule is COC[C@H]1C[C@H](Nc2cc(-c3ccc4cc(C#N)cnn34)ncc2C(=O)NC[C@@H](F)C(C)(C)O)C1. The van der Waals surface area contributed by atoms with Crippen molar-refractivity contribution in [3.8, 4) is 17.5 Å². The second kappa shape index (κ2) is 9.98. The van der Waals surface area contributed by atoms with E-state index in [1.165, 1.54) is 26.2 Å². The predicted octanol–water partition coefficient (Wildman–Crippen LogP) is 2.94. The number of carbonyl (C=O) groups is 1. The number of alkyl halides is 1. The number of anilines is 1. The number of amides is 1. The van der Waals surface area contributed by atoms with Gasteiger partial charge in [-0.05, 0) is 56.9 Å². The summed E-state index contributed by atoms with van der Waals surface area (Å²) in [4.78, 5) is 17.4. The molecule has 3 aromatic heterocycles. The molecule has 10 heteroatoms. The lowest BCUT2D eigenvalue weighted by molar-refractivity contribution is -0.00177. The maximum atomic E-state index is 14.2. The van der Waals surface area contributed by atoms with Crippen molar-refractivity contribution < 1.29 is 19.0 Å². The maximum absolute atomic E-state index is 14.2. The summed E-state index contributed by atoms with van der Waals surface area (Å²) in [7, 11) is 1.68. The van der Waals surface area contributed by atoms with Crippen LogP contribution in [0.1, 0.15) is 42.6 Å². The van der Waals surface area contributed by atoms with Crippen molar-refractivity contribution in [1.82, 2.24) is 19.9 Å². The third-order valence-corrected chi connectivity index (χ3v) is 6.25. The van der Waals surface area contributed by atoms with E-state index in [0.717, 1.165) is 18.4 Å². The van der Waals surface area contributed by atoms with Gasteiger partial charge in [0.2, 0.25) is 0 Å². The molecule has 9 nitrogen and oxygen atoms in total. The number of nitriles is 1. The Labute approximate surface area is 202 Å². The minimum Gasteiger partial charge on any atom is -0.387 e. The summed E-state index contributed by atoms with van der Waals surface area (Å²) in [6.07, 6.45) is 3.14. The zero-order valence-electron chi connectivity index (χ0n) is 20.0. The highest BCUT2D eigenvalue weighted by molar-refractivity contribution is 6.00. The minimum absolute atomic E-state index is 0.169. The Balaban J connectivity index is 1.62. The standard InChI is InChI=1S/C25H29FN6O3/c1-25(2,34)23(26)13-29-24(33)19-12-28-21(9-20(19)31-17-6-15(7-17)14-35-3)22-5-4-18-8-16(10-27)11-30-32(18)22/h4-5,8-9,11-12,15,17,23,34H,6-7,13-14H2,1-3H3,(H,28,31)(H,29,33)/t15-,17-,23-/m1/s1. The maximum Gasteiger partial charge on any atom is 0.255 e. The van der Waals surface area contributed by atoms with Gasteiger partial charge in [-0.25, -0.2) is 8.91 Å². The summed E-state index contributed by atoms with van der Waals surface area (Å²) in [6, 6.07) is 9.46. The number of hydrogen-bond acceptors (Lipinski definition) is 7. The Kier molecular flexibility index (Phi) is 7.00. The Bertz CT molecular complexity index is 1260. The first kappa shape index (κ1) is 24.6. The molecule has 0 spiro atoms. The predicted molar refractivity (Wildman–Crippen MR) is 129 cm³/mol. The van der Waals surface area contributed by atoms with E-state index in [1.54, 1.807) is 23.8 Å². The largest absolute Gasteiger partial charge is 0.387 e. The molecule has 0 bridgehead atoms. The van der Waals surface area contributed by atoms with Crippen LogP contribution in [0.15, 0.2) is 36.7 Å². The summed E-state index contributed by atoms with van der Waals surface area (Å²) in [5.41, 5.74) is 1.80. The van der Waals surface area contributed by atoms with Crippen LogP contribution in [0.2, 0.25) is 0 Å². The molecule has 184 valence electrons. The summed E-state index contributed by atoms with van der Waals surface area (Å²) < 4.78 is 21.1. The Morgan fingerprint density at radius 2 is 2.14 bits per heavy atom. The van der Waals surface area contributed by atoms with E-state index in [0.29, 0.717) is 35.2 Å². The second-order valence-corrected chi connectivity index (χ2v) is 9.49. The normalized spacial score (nSPS) is 18.5. The smallest absolute Gasteiger partial charge is 0.255 e. The van der Waals surface area contributed by atoms with Gasteiger partial charge >= 0.3 is 0 Å².